The maximum atomic E-state index is 11.5. The molecule has 1 heterocycles. The van der Waals surface area contributed by atoms with Gasteiger partial charge in [-0.1, -0.05) is 0 Å². The van der Waals surface area contributed by atoms with Crippen molar-refractivity contribution in [3.63, 3.8) is 0 Å². The Labute approximate surface area is 96.8 Å². The second kappa shape index (κ2) is 4.25. The molecule has 2 rings (SSSR count). The fourth-order valence-electron chi connectivity index (χ4n) is 1.54. The summed E-state index contributed by atoms with van der Waals surface area (Å²) in [6.45, 7) is -0.430. The number of carbonyl (C=O) groups excluding carboxylic acids is 1. The number of carboxylic acid groups (broad SMARTS) is 1. The van der Waals surface area contributed by atoms with Crippen LogP contribution in [0.25, 0.3) is 0 Å². The molecule has 0 aromatic heterocycles. The molecular weight excluding hydrogens is 224 g/mol. The number of carbonyl (C=O) groups is 2. The molecule has 17 heavy (non-hydrogen) atoms. The van der Waals surface area contributed by atoms with Crippen molar-refractivity contribution in [3.8, 4) is 5.75 Å². The van der Waals surface area contributed by atoms with Gasteiger partial charge < -0.3 is 10.2 Å². The number of hydrazone groups is 1. The van der Waals surface area contributed by atoms with Crippen molar-refractivity contribution >= 4 is 17.6 Å². The van der Waals surface area contributed by atoms with Crippen LogP contribution < -0.4 is 0 Å². The number of hydrogen-bond acceptors (Lipinski definition) is 4. The first-order valence-corrected chi connectivity index (χ1v) is 4.95. The first kappa shape index (κ1) is 11.1. The van der Waals surface area contributed by atoms with E-state index in [0.717, 1.165) is 5.01 Å². The summed E-state index contributed by atoms with van der Waals surface area (Å²) in [7, 11) is 0. The molecule has 0 radical (unpaired) electrons. The molecule has 1 aliphatic rings. The number of benzene rings is 1. The minimum absolute atomic E-state index is 0.0814. The number of phenols is 1. The third-order valence-corrected chi connectivity index (χ3v) is 2.33. The minimum Gasteiger partial charge on any atom is -0.508 e. The van der Waals surface area contributed by atoms with Gasteiger partial charge in [-0.3, -0.25) is 9.59 Å². The summed E-state index contributed by atoms with van der Waals surface area (Å²) < 4.78 is 0. The summed E-state index contributed by atoms with van der Waals surface area (Å²) in [6, 6.07) is 6.24. The molecule has 88 valence electrons. The minimum atomic E-state index is -1.10. The van der Waals surface area contributed by atoms with Crippen molar-refractivity contribution in [2.24, 2.45) is 5.10 Å². The fraction of sp³-hybridized carbons (Fsp3) is 0.182. The Hall–Kier alpha value is -2.37. The Morgan fingerprint density at radius 3 is 2.59 bits per heavy atom. The topological polar surface area (TPSA) is 90.2 Å². The highest BCUT2D eigenvalue weighted by molar-refractivity contribution is 6.14. The molecule has 1 aromatic carbocycles. The molecular formula is C11H10N2O4. The Morgan fingerprint density at radius 1 is 1.35 bits per heavy atom. The number of phenolic OH excluding ortho intramolecular Hbond substituents is 1. The van der Waals surface area contributed by atoms with Crippen LogP contribution in [0.2, 0.25) is 0 Å². The van der Waals surface area contributed by atoms with Gasteiger partial charge in [0.1, 0.15) is 12.3 Å². The Morgan fingerprint density at radius 2 is 2.00 bits per heavy atom. The molecule has 0 aliphatic carbocycles. The van der Waals surface area contributed by atoms with Gasteiger partial charge in [0.2, 0.25) is 5.91 Å². The zero-order valence-corrected chi connectivity index (χ0v) is 8.83. The lowest BCUT2D eigenvalue weighted by Crippen LogP contribution is -2.27. The van der Waals surface area contributed by atoms with E-state index < -0.39 is 12.5 Å². The summed E-state index contributed by atoms with van der Waals surface area (Å²) in [4.78, 5) is 22.0. The van der Waals surface area contributed by atoms with Gasteiger partial charge in [0.15, 0.2) is 0 Å². The molecule has 0 bridgehead atoms. The number of aromatic hydroxyl groups is 1. The van der Waals surface area contributed by atoms with Crippen molar-refractivity contribution in [3.05, 3.63) is 29.8 Å². The standard InChI is InChI=1S/C11H10N2O4/c14-8-3-1-7(2-4-8)9-5-10(15)13(12-9)6-11(16)17/h1-4,14H,5-6H2,(H,16,17). The van der Waals surface area contributed by atoms with E-state index >= 15 is 0 Å². The lowest BCUT2D eigenvalue weighted by atomic mass is 10.1. The van der Waals surface area contributed by atoms with E-state index in [0.29, 0.717) is 11.3 Å². The van der Waals surface area contributed by atoms with Crippen LogP contribution in [0.1, 0.15) is 12.0 Å². The summed E-state index contributed by atoms with van der Waals surface area (Å²) >= 11 is 0. The summed E-state index contributed by atoms with van der Waals surface area (Å²) in [5, 5.41) is 22.6. The van der Waals surface area contributed by atoms with Crippen LogP contribution in [-0.2, 0) is 9.59 Å². The van der Waals surface area contributed by atoms with E-state index in [1.165, 1.54) is 12.1 Å². The van der Waals surface area contributed by atoms with Crippen molar-refractivity contribution in [2.45, 2.75) is 6.42 Å². The SMILES string of the molecule is O=C(O)CN1N=C(c2ccc(O)cc2)CC1=O. The average Bonchev–Trinajstić information content (AvgIpc) is 2.60. The summed E-state index contributed by atoms with van der Waals surface area (Å²) in [6.07, 6.45) is 0.0814. The molecule has 2 N–H and O–H groups in total. The molecule has 1 aromatic rings. The Balaban J connectivity index is 2.20. The Bertz CT molecular complexity index is 493. The number of rotatable bonds is 3. The molecule has 6 nitrogen and oxygen atoms in total. The van der Waals surface area contributed by atoms with E-state index in [4.69, 9.17) is 10.2 Å². The van der Waals surface area contributed by atoms with Crippen LogP contribution in [0.15, 0.2) is 29.4 Å². The second-order valence-corrected chi connectivity index (χ2v) is 3.62. The number of nitrogens with zero attached hydrogens (tertiary/aromatic N) is 2. The first-order valence-electron chi connectivity index (χ1n) is 4.95. The van der Waals surface area contributed by atoms with Crippen molar-refractivity contribution < 1.29 is 19.8 Å². The lowest BCUT2D eigenvalue weighted by Gasteiger charge is -2.06. The Kier molecular flexibility index (Phi) is 2.78. The molecule has 0 saturated heterocycles. The van der Waals surface area contributed by atoms with Gasteiger partial charge >= 0.3 is 5.97 Å². The van der Waals surface area contributed by atoms with E-state index in [9.17, 15) is 9.59 Å². The third kappa shape index (κ3) is 2.41. The highest BCUT2D eigenvalue weighted by Crippen LogP contribution is 2.17. The van der Waals surface area contributed by atoms with Crippen LogP contribution in [0.5, 0.6) is 5.75 Å². The maximum Gasteiger partial charge on any atom is 0.325 e. The molecule has 1 aliphatic heterocycles. The molecule has 0 fully saturated rings. The smallest absolute Gasteiger partial charge is 0.325 e. The second-order valence-electron chi connectivity index (χ2n) is 3.62. The van der Waals surface area contributed by atoms with Crippen LogP contribution in [0.4, 0.5) is 0 Å². The van der Waals surface area contributed by atoms with Gasteiger partial charge in [0, 0.05) is 0 Å². The largest absolute Gasteiger partial charge is 0.508 e. The van der Waals surface area contributed by atoms with Gasteiger partial charge in [-0.25, -0.2) is 5.01 Å². The number of hydrogen-bond donors (Lipinski definition) is 2. The predicted molar refractivity (Wildman–Crippen MR) is 58.6 cm³/mol. The third-order valence-electron chi connectivity index (χ3n) is 2.33. The molecule has 0 spiro atoms. The molecule has 1 amide bonds. The number of aliphatic carboxylic acids is 1. The zero-order chi connectivity index (χ0) is 12.4. The normalized spacial score (nSPS) is 14.9. The van der Waals surface area contributed by atoms with E-state index in [1.54, 1.807) is 12.1 Å². The molecule has 0 atom stereocenters. The maximum absolute atomic E-state index is 11.5. The van der Waals surface area contributed by atoms with Crippen molar-refractivity contribution in [1.29, 1.82) is 0 Å². The highest BCUT2D eigenvalue weighted by Gasteiger charge is 2.26. The molecule has 0 saturated carbocycles. The zero-order valence-electron chi connectivity index (χ0n) is 8.83. The van der Waals surface area contributed by atoms with Gasteiger partial charge in [0.05, 0.1) is 12.1 Å². The molecule has 6 heteroatoms. The van der Waals surface area contributed by atoms with E-state index in [-0.39, 0.29) is 18.1 Å². The van der Waals surface area contributed by atoms with Gasteiger partial charge in [-0.2, -0.15) is 5.10 Å². The summed E-state index contributed by atoms with van der Waals surface area (Å²) in [5.74, 6) is -1.31. The van der Waals surface area contributed by atoms with Crippen LogP contribution in [0.3, 0.4) is 0 Å². The highest BCUT2D eigenvalue weighted by atomic mass is 16.4. The number of amides is 1. The van der Waals surface area contributed by atoms with E-state index in [2.05, 4.69) is 5.10 Å². The van der Waals surface area contributed by atoms with Gasteiger partial charge in [-0.15, -0.1) is 0 Å². The quantitative estimate of drug-likeness (QED) is 0.792. The van der Waals surface area contributed by atoms with Crippen molar-refractivity contribution in [1.82, 2.24) is 5.01 Å². The summed E-state index contributed by atoms with van der Waals surface area (Å²) in [5.41, 5.74) is 1.21. The lowest BCUT2D eigenvalue weighted by molar-refractivity contribution is -0.143. The van der Waals surface area contributed by atoms with Crippen molar-refractivity contribution in [2.75, 3.05) is 6.54 Å². The van der Waals surface area contributed by atoms with Gasteiger partial charge in [-0.05, 0) is 29.8 Å². The average molecular weight is 234 g/mol. The monoisotopic (exact) mass is 234 g/mol. The van der Waals surface area contributed by atoms with Crippen LogP contribution in [-0.4, -0.2) is 39.4 Å². The van der Waals surface area contributed by atoms with Crippen LogP contribution in [0, 0.1) is 0 Å². The fourth-order valence-corrected chi connectivity index (χ4v) is 1.54. The van der Waals surface area contributed by atoms with E-state index in [1.807, 2.05) is 0 Å². The predicted octanol–water partition coefficient (Wildman–Crippen LogP) is 0.413. The first-order chi connectivity index (χ1) is 8.06. The molecule has 0 unspecified atom stereocenters. The number of carboxylic acids is 1. The van der Waals surface area contributed by atoms with Gasteiger partial charge in [0.25, 0.3) is 0 Å². The van der Waals surface area contributed by atoms with Crippen LogP contribution >= 0.6 is 0 Å².